The van der Waals surface area contributed by atoms with Crippen LogP contribution in [0.25, 0.3) is 0 Å². The number of benzene rings is 2. The molecule has 2 unspecified atom stereocenters. The van der Waals surface area contributed by atoms with E-state index in [0.29, 0.717) is 24.0 Å². The molecule has 4 heteroatoms. The number of hydrogen-bond donors (Lipinski definition) is 1. The van der Waals surface area contributed by atoms with Crippen LogP contribution >= 0.6 is 0 Å². The minimum absolute atomic E-state index is 0.263. The van der Waals surface area contributed by atoms with Gasteiger partial charge in [0.25, 0.3) is 0 Å². The fourth-order valence-electron chi connectivity index (χ4n) is 4.59. The van der Waals surface area contributed by atoms with Crippen LogP contribution in [0.5, 0.6) is 0 Å². The number of nitrogens with zero attached hydrogens (tertiary/aromatic N) is 2. The Morgan fingerprint density at radius 1 is 1.12 bits per heavy atom. The zero-order valence-corrected chi connectivity index (χ0v) is 14.0. The van der Waals surface area contributed by atoms with E-state index in [-0.39, 0.29) is 12.1 Å². The molecule has 3 nitrogen and oxygen atoms in total. The summed E-state index contributed by atoms with van der Waals surface area (Å²) in [5, 5.41) is 20.7. The highest BCUT2D eigenvalue weighted by Gasteiger charge is 2.48. The standard InChI is InChI=1S/C21H21FN2O/c22-17-7-6-16(13-23)20(10-17)21(25)11-18-8-9-19(12-21)24(18)14-15-4-2-1-3-5-15/h1-7,10,18-19,25H,8-9,11-12,14H2. The van der Waals surface area contributed by atoms with Crippen LogP contribution in [0.1, 0.15) is 42.4 Å². The van der Waals surface area contributed by atoms with Crippen LogP contribution in [0.2, 0.25) is 0 Å². The van der Waals surface area contributed by atoms with Gasteiger partial charge in [-0.3, -0.25) is 4.90 Å². The van der Waals surface area contributed by atoms with Crippen molar-refractivity contribution in [2.45, 2.75) is 49.9 Å². The van der Waals surface area contributed by atoms with Crippen LogP contribution in [0, 0.1) is 17.1 Å². The molecule has 2 aliphatic heterocycles. The van der Waals surface area contributed by atoms with Gasteiger partial charge >= 0.3 is 0 Å². The summed E-state index contributed by atoms with van der Waals surface area (Å²) >= 11 is 0. The molecule has 2 aliphatic rings. The minimum atomic E-state index is -1.12. The molecule has 2 atom stereocenters. The molecule has 128 valence electrons. The van der Waals surface area contributed by atoms with Crippen molar-refractivity contribution in [1.82, 2.24) is 4.90 Å². The SMILES string of the molecule is N#Cc1ccc(F)cc1C1(O)CC2CCC(C1)N2Cc1ccccc1. The van der Waals surface area contributed by atoms with Crippen LogP contribution in [-0.2, 0) is 12.1 Å². The van der Waals surface area contributed by atoms with Gasteiger partial charge < -0.3 is 5.11 Å². The number of fused-ring (bicyclic) bond motifs is 2. The number of hydrogen-bond acceptors (Lipinski definition) is 3. The van der Waals surface area contributed by atoms with E-state index in [1.807, 2.05) is 18.2 Å². The molecule has 2 aromatic carbocycles. The van der Waals surface area contributed by atoms with Crippen molar-refractivity contribution < 1.29 is 9.50 Å². The van der Waals surface area contributed by atoms with Gasteiger partial charge in [-0.1, -0.05) is 30.3 Å². The summed E-state index contributed by atoms with van der Waals surface area (Å²) in [6.45, 7) is 0.876. The topological polar surface area (TPSA) is 47.3 Å². The van der Waals surface area contributed by atoms with Gasteiger partial charge in [0.15, 0.2) is 0 Å². The largest absolute Gasteiger partial charge is 0.385 e. The molecule has 0 aromatic heterocycles. The van der Waals surface area contributed by atoms with Gasteiger partial charge in [-0.05, 0) is 49.4 Å². The van der Waals surface area contributed by atoms with E-state index in [4.69, 9.17) is 0 Å². The lowest BCUT2D eigenvalue weighted by Crippen LogP contribution is -2.49. The summed E-state index contributed by atoms with van der Waals surface area (Å²) in [4.78, 5) is 2.47. The second kappa shape index (κ2) is 6.25. The molecule has 2 aromatic rings. The highest BCUT2D eigenvalue weighted by atomic mass is 19.1. The maximum Gasteiger partial charge on any atom is 0.123 e. The van der Waals surface area contributed by atoms with Gasteiger partial charge in [-0.25, -0.2) is 4.39 Å². The summed E-state index contributed by atoms with van der Waals surface area (Å²) in [7, 11) is 0. The minimum Gasteiger partial charge on any atom is -0.385 e. The Labute approximate surface area is 147 Å². The van der Waals surface area contributed by atoms with Crippen LogP contribution in [-0.4, -0.2) is 22.1 Å². The van der Waals surface area contributed by atoms with Crippen LogP contribution in [0.3, 0.4) is 0 Å². The maximum atomic E-state index is 13.8. The lowest BCUT2D eigenvalue weighted by Gasteiger charge is -2.44. The van der Waals surface area contributed by atoms with Crippen LogP contribution in [0.15, 0.2) is 48.5 Å². The van der Waals surface area contributed by atoms with Gasteiger partial charge in [-0.15, -0.1) is 0 Å². The zero-order chi connectivity index (χ0) is 17.4. The lowest BCUT2D eigenvalue weighted by molar-refractivity contribution is -0.0598. The molecule has 2 fully saturated rings. The van der Waals surface area contributed by atoms with E-state index in [0.717, 1.165) is 19.4 Å². The van der Waals surface area contributed by atoms with Crippen molar-refractivity contribution >= 4 is 0 Å². The van der Waals surface area contributed by atoms with E-state index < -0.39 is 11.4 Å². The molecule has 0 radical (unpaired) electrons. The Bertz CT molecular complexity index is 800. The quantitative estimate of drug-likeness (QED) is 0.929. The Hall–Kier alpha value is -2.22. The Morgan fingerprint density at radius 3 is 2.44 bits per heavy atom. The second-order valence-electron chi connectivity index (χ2n) is 7.28. The van der Waals surface area contributed by atoms with Gasteiger partial charge in [-0.2, -0.15) is 5.26 Å². The molecule has 1 N–H and O–H groups in total. The van der Waals surface area contributed by atoms with Gasteiger partial charge in [0.05, 0.1) is 17.2 Å². The Morgan fingerprint density at radius 2 is 1.80 bits per heavy atom. The zero-order valence-electron chi connectivity index (χ0n) is 14.0. The average Bonchev–Trinajstić information content (AvgIpc) is 2.86. The molecule has 2 saturated heterocycles. The molecule has 25 heavy (non-hydrogen) atoms. The Kier molecular flexibility index (Phi) is 4.07. The molecular formula is C21H21FN2O. The number of piperidine rings is 1. The molecule has 0 aliphatic carbocycles. The van der Waals surface area contributed by atoms with E-state index in [9.17, 15) is 14.8 Å². The highest BCUT2D eigenvalue weighted by molar-refractivity contribution is 5.42. The molecule has 0 spiro atoms. The maximum absolute atomic E-state index is 13.8. The van der Waals surface area contributed by atoms with E-state index in [1.54, 1.807) is 0 Å². The van der Waals surface area contributed by atoms with Crippen molar-refractivity contribution in [2.75, 3.05) is 0 Å². The van der Waals surface area contributed by atoms with Crippen molar-refractivity contribution in [3.63, 3.8) is 0 Å². The highest BCUT2D eigenvalue weighted by Crippen LogP contribution is 2.47. The van der Waals surface area contributed by atoms with Crippen LogP contribution < -0.4 is 0 Å². The van der Waals surface area contributed by atoms with Crippen molar-refractivity contribution in [1.29, 1.82) is 5.26 Å². The first kappa shape index (κ1) is 16.3. The van der Waals surface area contributed by atoms with E-state index in [2.05, 4.69) is 23.1 Å². The average molecular weight is 336 g/mol. The number of halogens is 1. The first-order chi connectivity index (χ1) is 12.1. The monoisotopic (exact) mass is 336 g/mol. The smallest absolute Gasteiger partial charge is 0.123 e. The number of aliphatic hydroxyl groups is 1. The van der Waals surface area contributed by atoms with Gasteiger partial charge in [0, 0.05) is 24.2 Å². The molecule has 2 heterocycles. The number of nitriles is 1. The second-order valence-corrected chi connectivity index (χ2v) is 7.28. The van der Waals surface area contributed by atoms with Gasteiger partial charge in [0.2, 0.25) is 0 Å². The summed E-state index contributed by atoms with van der Waals surface area (Å²) in [5.41, 5.74) is 0.978. The fraction of sp³-hybridized carbons (Fsp3) is 0.381. The summed E-state index contributed by atoms with van der Waals surface area (Å²) < 4.78 is 13.8. The third-order valence-corrected chi connectivity index (χ3v) is 5.73. The van der Waals surface area contributed by atoms with Crippen molar-refractivity contribution in [2.24, 2.45) is 0 Å². The molecule has 0 saturated carbocycles. The number of rotatable bonds is 3. The normalized spacial score (nSPS) is 28.7. The third kappa shape index (κ3) is 2.95. The first-order valence-corrected chi connectivity index (χ1v) is 8.81. The Balaban J connectivity index is 1.61. The third-order valence-electron chi connectivity index (χ3n) is 5.73. The van der Waals surface area contributed by atoms with Gasteiger partial charge in [0.1, 0.15) is 5.82 Å². The summed E-state index contributed by atoms with van der Waals surface area (Å²) in [5.74, 6) is -0.401. The van der Waals surface area contributed by atoms with E-state index >= 15 is 0 Å². The van der Waals surface area contributed by atoms with Crippen LogP contribution in [0.4, 0.5) is 4.39 Å². The predicted molar refractivity (Wildman–Crippen MR) is 93.0 cm³/mol. The first-order valence-electron chi connectivity index (χ1n) is 8.81. The van der Waals surface area contributed by atoms with Crippen molar-refractivity contribution in [3.8, 4) is 6.07 Å². The van der Waals surface area contributed by atoms with E-state index in [1.165, 1.54) is 23.8 Å². The predicted octanol–water partition coefficient (Wildman–Crippen LogP) is 3.71. The summed E-state index contributed by atoms with van der Waals surface area (Å²) in [6.07, 6.45) is 3.18. The lowest BCUT2D eigenvalue weighted by atomic mass is 9.78. The molecule has 2 bridgehead atoms. The molecule has 4 rings (SSSR count). The fourth-order valence-corrected chi connectivity index (χ4v) is 4.59. The summed E-state index contributed by atoms with van der Waals surface area (Å²) in [6, 6.07) is 17.1. The van der Waals surface area contributed by atoms with Crippen molar-refractivity contribution in [3.05, 3.63) is 71.0 Å². The molecular weight excluding hydrogens is 315 g/mol. The molecule has 0 amide bonds.